The molecule has 32 heavy (non-hydrogen) atoms. The van der Waals surface area contributed by atoms with Gasteiger partial charge < -0.3 is 9.84 Å². The molecule has 7 heteroatoms. The Labute approximate surface area is 186 Å². The van der Waals surface area contributed by atoms with Crippen LogP contribution in [-0.4, -0.2) is 41.3 Å². The van der Waals surface area contributed by atoms with Gasteiger partial charge in [-0.05, 0) is 80.6 Å². The van der Waals surface area contributed by atoms with Gasteiger partial charge in [-0.15, -0.1) is 0 Å². The molecule has 0 saturated carbocycles. The fourth-order valence-corrected chi connectivity index (χ4v) is 4.33. The fraction of sp³-hybridized carbons (Fsp3) is 0.400. The number of hydrogen-bond donors (Lipinski definition) is 1. The zero-order chi connectivity index (χ0) is 23.8. The molecular weight excluding hydrogens is 419 g/mol. The number of halogens is 3. The molecule has 0 spiro atoms. The maximum atomic E-state index is 15.3. The van der Waals surface area contributed by atoms with Crippen LogP contribution in [0.3, 0.4) is 0 Å². The number of carbonyl (C=O) groups excluding carboxylic acids is 1. The topological polar surface area (TPSA) is 49.8 Å². The molecule has 2 atom stereocenters. The summed E-state index contributed by atoms with van der Waals surface area (Å²) in [5, 5.41) is 10.2. The largest absolute Gasteiger partial charge is 0.508 e. The van der Waals surface area contributed by atoms with E-state index in [1.807, 2.05) is 6.92 Å². The van der Waals surface area contributed by atoms with E-state index in [2.05, 4.69) is 4.74 Å². The second-order valence-electron chi connectivity index (χ2n) is 8.88. The normalized spacial score (nSPS) is 19.2. The summed E-state index contributed by atoms with van der Waals surface area (Å²) in [6, 6.07) is 4.34. The van der Waals surface area contributed by atoms with Gasteiger partial charge in [-0.1, -0.05) is 6.07 Å². The van der Waals surface area contributed by atoms with E-state index in [0.29, 0.717) is 17.5 Å². The molecule has 0 aliphatic carbocycles. The summed E-state index contributed by atoms with van der Waals surface area (Å²) in [5.74, 6) is -2.13. The van der Waals surface area contributed by atoms with Crippen molar-refractivity contribution < 1.29 is 27.8 Å². The Morgan fingerprint density at radius 2 is 1.91 bits per heavy atom. The highest BCUT2D eigenvalue weighted by Crippen LogP contribution is 2.43. The van der Waals surface area contributed by atoms with E-state index in [4.69, 9.17) is 0 Å². The molecule has 0 bridgehead atoms. The Bertz CT molecular complexity index is 1040. The maximum Gasteiger partial charge on any atom is 0.330 e. The zero-order valence-electron chi connectivity index (χ0n) is 18.9. The third-order valence-corrected chi connectivity index (χ3v) is 5.84. The number of rotatable bonds is 5. The van der Waals surface area contributed by atoms with Crippen LogP contribution in [0.1, 0.15) is 54.6 Å². The number of alkyl halides is 1. The molecule has 0 saturated heterocycles. The van der Waals surface area contributed by atoms with Gasteiger partial charge in [0.2, 0.25) is 0 Å². The molecule has 1 heterocycles. The Hall–Kier alpha value is -2.80. The highest BCUT2D eigenvalue weighted by atomic mass is 19.1. The van der Waals surface area contributed by atoms with Crippen molar-refractivity contribution in [3.05, 3.63) is 69.8 Å². The molecule has 4 nitrogen and oxygen atoms in total. The van der Waals surface area contributed by atoms with Crippen molar-refractivity contribution in [1.29, 1.82) is 0 Å². The van der Waals surface area contributed by atoms with E-state index in [1.54, 1.807) is 17.9 Å². The number of ether oxygens (including phenoxy) is 1. The second kappa shape index (κ2) is 8.98. The third-order valence-electron chi connectivity index (χ3n) is 5.84. The Kier molecular flexibility index (Phi) is 6.69. The number of phenolic OH excluding ortho intramolecular Hbond substituents is 1. The first-order valence-corrected chi connectivity index (χ1v) is 10.4. The van der Waals surface area contributed by atoms with Crippen molar-refractivity contribution in [3.8, 4) is 5.75 Å². The van der Waals surface area contributed by atoms with E-state index >= 15 is 8.78 Å². The van der Waals surface area contributed by atoms with Crippen LogP contribution in [0, 0.1) is 18.6 Å². The lowest BCUT2D eigenvalue weighted by atomic mass is 9.81. The van der Waals surface area contributed by atoms with Crippen molar-refractivity contribution in [2.24, 2.45) is 0 Å². The van der Waals surface area contributed by atoms with Crippen LogP contribution >= 0.6 is 0 Å². The summed E-state index contributed by atoms with van der Waals surface area (Å²) in [6.07, 6.45) is 2.87. The second-order valence-corrected chi connectivity index (χ2v) is 8.88. The standard InChI is InChI=1S/C25H28F3NO3/c1-14-10-18-15(2)21(30)8-7-17(18)24(29(14)13-25(3,4)28)23-19(26)11-16(12-20(23)27)6-9-22(31)32-5/h6-9,11-12,14,24,30H,10,13H2,1-5H3/b9-6+. The summed E-state index contributed by atoms with van der Waals surface area (Å²) >= 11 is 0. The van der Waals surface area contributed by atoms with Crippen molar-refractivity contribution in [2.45, 2.75) is 51.9 Å². The lowest BCUT2D eigenvalue weighted by Gasteiger charge is -2.44. The van der Waals surface area contributed by atoms with Crippen LogP contribution in [0.5, 0.6) is 5.75 Å². The fourth-order valence-electron chi connectivity index (χ4n) is 4.33. The molecule has 172 valence electrons. The van der Waals surface area contributed by atoms with Gasteiger partial charge in [0.1, 0.15) is 23.1 Å². The molecule has 0 aromatic heterocycles. The number of benzene rings is 2. The number of nitrogens with zero attached hydrogens (tertiary/aromatic N) is 1. The van der Waals surface area contributed by atoms with Crippen molar-refractivity contribution >= 4 is 12.0 Å². The molecule has 3 rings (SSSR count). The molecule has 2 unspecified atom stereocenters. The van der Waals surface area contributed by atoms with Crippen LogP contribution in [0.25, 0.3) is 6.08 Å². The van der Waals surface area contributed by atoms with E-state index < -0.39 is 29.3 Å². The number of esters is 1. The predicted molar refractivity (Wildman–Crippen MR) is 117 cm³/mol. The van der Waals surface area contributed by atoms with Gasteiger partial charge in [0.15, 0.2) is 0 Å². The summed E-state index contributed by atoms with van der Waals surface area (Å²) in [6.45, 7) is 6.49. The van der Waals surface area contributed by atoms with Gasteiger partial charge in [-0.3, -0.25) is 4.90 Å². The average molecular weight is 447 g/mol. The SMILES string of the molecule is COC(=O)/C=C/c1cc(F)c(C2c3ccc(O)c(C)c3CC(C)N2CC(C)(C)F)c(F)c1. The molecular formula is C25H28F3NO3. The third kappa shape index (κ3) is 4.83. The summed E-state index contributed by atoms with van der Waals surface area (Å²) in [5.41, 5.74) is 0.477. The van der Waals surface area contributed by atoms with Crippen molar-refractivity contribution in [3.63, 3.8) is 0 Å². The van der Waals surface area contributed by atoms with Crippen LogP contribution in [0.15, 0.2) is 30.3 Å². The zero-order valence-corrected chi connectivity index (χ0v) is 18.9. The van der Waals surface area contributed by atoms with Gasteiger partial charge in [0.05, 0.1) is 13.2 Å². The number of aromatic hydroxyl groups is 1. The molecule has 0 amide bonds. The van der Waals surface area contributed by atoms with E-state index in [-0.39, 0.29) is 29.5 Å². The van der Waals surface area contributed by atoms with Gasteiger partial charge in [0, 0.05) is 24.2 Å². The van der Waals surface area contributed by atoms with Gasteiger partial charge in [-0.25, -0.2) is 18.0 Å². The van der Waals surface area contributed by atoms with Gasteiger partial charge in [-0.2, -0.15) is 0 Å². The van der Waals surface area contributed by atoms with Gasteiger partial charge in [0.25, 0.3) is 0 Å². The minimum Gasteiger partial charge on any atom is -0.508 e. The molecule has 2 aromatic rings. The summed E-state index contributed by atoms with van der Waals surface area (Å²) in [7, 11) is 1.21. The molecule has 1 aliphatic rings. The first-order valence-electron chi connectivity index (χ1n) is 10.4. The van der Waals surface area contributed by atoms with Crippen LogP contribution in [-0.2, 0) is 16.0 Å². The van der Waals surface area contributed by atoms with Gasteiger partial charge >= 0.3 is 5.97 Å². The lowest BCUT2D eigenvalue weighted by Crippen LogP contribution is -2.48. The highest BCUT2D eigenvalue weighted by Gasteiger charge is 2.39. The molecule has 0 fully saturated rings. The minimum atomic E-state index is -1.59. The van der Waals surface area contributed by atoms with Crippen LogP contribution < -0.4 is 0 Å². The lowest BCUT2D eigenvalue weighted by molar-refractivity contribution is -0.134. The highest BCUT2D eigenvalue weighted by molar-refractivity contribution is 5.86. The molecule has 2 aromatic carbocycles. The molecule has 1 N–H and O–H groups in total. The molecule has 1 aliphatic heterocycles. The first-order chi connectivity index (χ1) is 14.9. The monoisotopic (exact) mass is 447 g/mol. The number of methoxy groups -OCH3 is 1. The van der Waals surface area contributed by atoms with Crippen LogP contribution in [0.2, 0.25) is 0 Å². The number of hydrogen-bond acceptors (Lipinski definition) is 4. The quantitative estimate of drug-likeness (QED) is 0.503. The Balaban J connectivity index is 2.18. The minimum absolute atomic E-state index is 0.0267. The maximum absolute atomic E-state index is 15.3. The van der Waals surface area contributed by atoms with E-state index in [0.717, 1.165) is 23.8 Å². The Morgan fingerprint density at radius 1 is 1.28 bits per heavy atom. The molecule has 0 radical (unpaired) electrons. The number of phenols is 1. The Morgan fingerprint density at radius 3 is 2.47 bits per heavy atom. The van der Waals surface area contributed by atoms with Crippen LogP contribution in [0.4, 0.5) is 13.2 Å². The number of carbonyl (C=O) groups is 1. The first kappa shape index (κ1) is 23.9. The summed E-state index contributed by atoms with van der Waals surface area (Å²) in [4.78, 5) is 13.1. The van der Waals surface area contributed by atoms with Crippen molar-refractivity contribution in [1.82, 2.24) is 4.90 Å². The number of fused-ring (bicyclic) bond motifs is 1. The predicted octanol–water partition coefficient (Wildman–Crippen LogP) is 5.25. The van der Waals surface area contributed by atoms with E-state index in [9.17, 15) is 14.3 Å². The van der Waals surface area contributed by atoms with E-state index in [1.165, 1.54) is 33.1 Å². The van der Waals surface area contributed by atoms with Crippen molar-refractivity contribution in [2.75, 3.05) is 13.7 Å². The average Bonchev–Trinajstić information content (AvgIpc) is 2.70. The smallest absolute Gasteiger partial charge is 0.330 e. The summed E-state index contributed by atoms with van der Waals surface area (Å²) < 4.78 is 49.9.